The number of hydrogen-bond donors (Lipinski definition) is 1. The van der Waals surface area contributed by atoms with Crippen LogP contribution in [0.2, 0.25) is 0 Å². The van der Waals surface area contributed by atoms with Crippen LogP contribution < -0.4 is 14.8 Å². The maximum atomic E-state index is 12.2. The van der Waals surface area contributed by atoms with Crippen molar-refractivity contribution in [2.24, 2.45) is 5.92 Å². The highest BCUT2D eigenvalue weighted by atomic mass is 32.2. The molecule has 0 radical (unpaired) electrons. The molecule has 23 heavy (non-hydrogen) atoms. The highest BCUT2D eigenvalue weighted by molar-refractivity contribution is 7.91. The topological polar surface area (TPSA) is 81.7 Å². The van der Waals surface area contributed by atoms with Crippen LogP contribution in [-0.4, -0.2) is 45.6 Å². The van der Waals surface area contributed by atoms with Crippen molar-refractivity contribution in [2.75, 3.05) is 31.3 Å². The molecule has 1 atom stereocenters. The van der Waals surface area contributed by atoms with Gasteiger partial charge < -0.3 is 14.8 Å². The van der Waals surface area contributed by atoms with E-state index in [0.29, 0.717) is 43.2 Å². The van der Waals surface area contributed by atoms with Gasteiger partial charge in [-0.05, 0) is 44.4 Å². The van der Waals surface area contributed by atoms with Crippen LogP contribution >= 0.6 is 0 Å². The average molecular weight is 341 g/mol. The second-order valence-electron chi connectivity index (χ2n) is 5.51. The van der Waals surface area contributed by atoms with Gasteiger partial charge >= 0.3 is 0 Å². The molecule has 0 bridgehead atoms. The molecular formula is C16H23NO5S. The third-order valence-electron chi connectivity index (χ3n) is 3.68. The number of rotatable bonds is 7. The van der Waals surface area contributed by atoms with Gasteiger partial charge in [-0.3, -0.25) is 4.79 Å². The molecule has 1 aliphatic rings. The summed E-state index contributed by atoms with van der Waals surface area (Å²) in [5.41, 5.74) is 0.470. The Labute approximate surface area is 137 Å². The quantitative estimate of drug-likeness (QED) is 0.815. The first kappa shape index (κ1) is 17.6. The number of benzene rings is 1. The molecule has 1 aromatic rings. The summed E-state index contributed by atoms with van der Waals surface area (Å²) in [6.07, 6.45) is 0.607. The van der Waals surface area contributed by atoms with Crippen LogP contribution in [-0.2, 0) is 9.84 Å². The van der Waals surface area contributed by atoms with E-state index in [-0.39, 0.29) is 23.3 Å². The van der Waals surface area contributed by atoms with E-state index in [2.05, 4.69) is 5.32 Å². The lowest BCUT2D eigenvalue weighted by molar-refractivity contribution is 0.0948. The number of carbonyl (C=O) groups excluding carboxylic acids is 1. The molecule has 0 unspecified atom stereocenters. The number of carbonyl (C=O) groups is 1. The summed E-state index contributed by atoms with van der Waals surface area (Å²) in [5, 5.41) is 2.80. The van der Waals surface area contributed by atoms with Crippen molar-refractivity contribution in [2.45, 2.75) is 20.3 Å². The smallest absolute Gasteiger partial charge is 0.251 e. The molecule has 1 aromatic carbocycles. The molecule has 7 heteroatoms. The maximum Gasteiger partial charge on any atom is 0.251 e. The Bertz CT molecular complexity index is 656. The normalized spacial score (nSPS) is 19.3. The van der Waals surface area contributed by atoms with Gasteiger partial charge in [-0.2, -0.15) is 0 Å². The summed E-state index contributed by atoms with van der Waals surface area (Å²) in [7, 11) is -2.92. The van der Waals surface area contributed by atoms with Gasteiger partial charge in [0.25, 0.3) is 5.91 Å². The van der Waals surface area contributed by atoms with Crippen molar-refractivity contribution < 1.29 is 22.7 Å². The molecule has 0 aromatic heterocycles. The molecule has 0 saturated carbocycles. The van der Waals surface area contributed by atoms with Gasteiger partial charge in [-0.1, -0.05) is 0 Å². The molecule has 0 aliphatic carbocycles. The number of hydrogen-bond acceptors (Lipinski definition) is 5. The molecular weight excluding hydrogens is 318 g/mol. The minimum atomic E-state index is -2.92. The van der Waals surface area contributed by atoms with Crippen LogP contribution in [0.1, 0.15) is 30.6 Å². The molecule has 0 spiro atoms. The van der Waals surface area contributed by atoms with Gasteiger partial charge in [0.05, 0.1) is 24.7 Å². The molecule has 128 valence electrons. The predicted molar refractivity (Wildman–Crippen MR) is 87.9 cm³/mol. The van der Waals surface area contributed by atoms with Crippen molar-refractivity contribution in [3.05, 3.63) is 23.8 Å². The first-order chi connectivity index (χ1) is 10.9. The summed E-state index contributed by atoms with van der Waals surface area (Å²) in [5.74, 6) is 1.26. The van der Waals surface area contributed by atoms with Crippen molar-refractivity contribution in [1.82, 2.24) is 5.32 Å². The largest absolute Gasteiger partial charge is 0.490 e. The number of sulfone groups is 1. The fraction of sp³-hybridized carbons (Fsp3) is 0.562. The summed E-state index contributed by atoms with van der Waals surface area (Å²) in [6, 6.07) is 5.03. The highest BCUT2D eigenvalue weighted by Gasteiger charge is 2.28. The van der Waals surface area contributed by atoms with Crippen LogP contribution in [0, 0.1) is 5.92 Å². The zero-order valence-corrected chi connectivity index (χ0v) is 14.3. The second kappa shape index (κ2) is 7.68. The summed E-state index contributed by atoms with van der Waals surface area (Å²) < 4.78 is 33.8. The van der Waals surface area contributed by atoms with Crippen molar-refractivity contribution in [1.29, 1.82) is 0 Å². The van der Waals surface area contributed by atoms with E-state index in [9.17, 15) is 13.2 Å². The van der Waals surface area contributed by atoms with E-state index in [0.717, 1.165) is 0 Å². The van der Waals surface area contributed by atoms with E-state index in [4.69, 9.17) is 9.47 Å². The second-order valence-corrected chi connectivity index (χ2v) is 7.74. The van der Waals surface area contributed by atoms with Crippen molar-refractivity contribution in [3.8, 4) is 11.5 Å². The summed E-state index contributed by atoms with van der Waals surface area (Å²) in [6.45, 7) is 5.11. The SMILES string of the molecule is CCOc1ccc(C(=O)NC[C@@H]2CCS(=O)(=O)C2)cc1OCC. The molecule has 1 N–H and O–H groups in total. The third-order valence-corrected chi connectivity index (χ3v) is 5.52. The first-order valence-corrected chi connectivity index (χ1v) is 9.65. The van der Waals surface area contributed by atoms with E-state index in [1.807, 2.05) is 13.8 Å². The highest BCUT2D eigenvalue weighted by Crippen LogP contribution is 2.28. The maximum absolute atomic E-state index is 12.2. The van der Waals surface area contributed by atoms with Crippen LogP contribution in [0.4, 0.5) is 0 Å². The Morgan fingerprint density at radius 1 is 1.22 bits per heavy atom. The van der Waals surface area contributed by atoms with E-state index in [1.54, 1.807) is 18.2 Å². The lowest BCUT2D eigenvalue weighted by Crippen LogP contribution is -2.29. The lowest BCUT2D eigenvalue weighted by atomic mass is 10.1. The Morgan fingerprint density at radius 2 is 1.91 bits per heavy atom. The monoisotopic (exact) mass is 341 g/mol. The molecule has 1 heterocycles. The predicted octanol–water partition coefficient (Wildman–Crippen LogP) is 1.65. The Balaban J connectivity index is 2.00. The minimum Gasteiger partial charge on any atom is -0.490 e. The lowest BCUT2D eigenvalue weighted by Gasteiger charge is -2.13. The molecule has 1 saturated heterocycles. The Morgan fingerprint density at radius 3 is 2.52 bits per heavy atom. The minimum absolute atomic E-state index is 0.00184. The third kappa shape index (κ3) is 4.86. The Hall–Kier alpha value is -1.76. The van der Waals surface area contributed by atoms with E-state index in [1.165, 1.54) is 0 Å². The van der Waals surface area contributed by atoms with Gasteiger partial charge in [-0.25, -0.2) is 8.42 Å². The van der Waals surface area contributed by atoms with E-state index >= 15 is 0 Å². The zero-order valence-electron chi connectivity index (χ0n) is 13.5. The van der Waals surface area contributed by atoms with Gasteiger partial charge in [0.1, 0.15) is 0 Å². The number of amides is 1. The van der Waals surface area contributed by atoms with Gasteiger partial charge in [-0.15, -0.1) is 0 Å². The fourth-order valence-corrected chi connectivity index (χ4v) is 4.43. The van der Waals surface area contributed by atoms with Gasteiger partial charge in [0.15, 0.2) is 21.3 Å². The molecule has 1 aliphatic heterocycles. The molecule has 1 amide bonds. The number of ether oxygens (including phenoxy) is 2. The molecule has 1 fully saturated rings. The first-order valence-electron chi connectivity index (χ1n) is 7.83. The van der Waals surface area contributed by atoms with E-state index < -0.39 is 9.84 Å². The number of nitrogens with one attached hydrogen (secondary N) is 1. The van der Waals surface area contributed by atoms with Crippen molar-refractivity contribution in [3.63, 3.8) is 0 Å². The Kier molecular flexibility index (Phi) is 5.87. The molecule has 6 nitrogen and oxygen atoms in total. The average Bonchev–Trinajstić information content (AvgIpc) is 2.86. The van der Waals surface area contributed by atoms with Gasteiger partial charge in [0, 0.05) is 12.1 Å². The molecule has 2 rings (SSSR count). The van der Waals surface area contributed by atoms with Crippen molar-refractivity contribution >= 4 is 15.7 Å². The standard InChI is InChI=1S/C16H23NO5S/c1-3-21-14-6-5-13(9-15(14)22-4-2)16(18)17-10-12-7-8-23(19,20)11-12/h5-6,9,12H,3-4,7-8,10-11H2,1-2H3,(H,17,18)/t12-/m0/s1. The van der Waals surface area contributed by atoms with Crippen LogP contribution in [0.3, 0.4) is 0 Å². The van der Waals surface area contributed by atoms with Crippen LogP contribution in [0.5, 0.6) is 11.5 Å². The van der Waals surface area contributed by atoms with Crippen LogP contribution in [0.15, 0.2) is 18.2 Å². The summed E-state index contributed by atoms with van der Waals surface area (Å²) >= 11 is 0. The zero-order chi connectivity index (χ0) is 16.9. The summed E-state index contributed by atoms with van der Waals surface area (Å²) in [4.78, 5) is 12.2. The van der Waals surface area contributed by atoms with Crippen LogP contribution in [0.25, 0.3) is 0 Å². The van der Waals surface area contributed by atoms with Gasteiger partial charge in [0.2, 0.25) is 0 Å². The fourth-order valence-electron chi connectivity index (χ4n) is 2.56.